The van der Waals surface area contributed by atoms with Crippen LogP contribution in [0.25, 0.3) is 0 Å². The molecule has 0 aromatic carbocycles. The maximum absolute atomic E-state index is 12.0. The highest BCUT2D eigenvalue weighted by Gasteiger charge is 2.11. The molecule has 0 saturated carbocycles. The van der Waals surface area contributed by atoms with E-state index in [-0.39, 0.29) is 0 Å². The first-order chi connectivity index (χ1) is 14.3. The number of Topliss-reactive ketones (excluding diaryl/α,β-unsaturated/α-hetero) is 1. The Balaban J connectivity index is 1.71. The molecule has 1 fully saturated rings. The molecule has 1 rings (SSSR count). The van der Waals surface area contributed by atoms with Crippen molar-refractivity contribution in [1.82, 2.24) is 4.90 Å². The van der Waals surface area contributed by atoms with Crippen molar-refractivity contribution in [2.75, 3.05) is 32.8 Å². The number of carbonyl (C=O) groups excluding carboxylic acids is 1. The second-order valence-corrected chi connectivity index (χ2v) is 9.15. The van der Waals surface area contributed by atoms with E-state index in [1.165, 1.54) is 103 Å². The van der Waals surface area contributed by atoms with Crippen LogP contribution in [-0.2, 0) is 9.53 Å². The van der Waals surface area contributed by atoms with Crippen molar-refractivity contribution in [2.24, 2.45) is 0 Å². The second kappa shape index (κ2) is 20.8. The predicted octanol–water partition coefficient (Wildman–Crippen LogP) is 7.32. The van der Waals surface area contributed by atoms with Gasteiger partial charge in [-0.2, -0.15) is 0 Å². The summed E-state index contributed by atoms with van der Waals surface area (Å²) >= 11 is 0. The second-order valence-electron chi connectivity index (χ2n) is 9.15. The summed E-state index contributed by atoms with van der Waals surface area (Å²) in [7, 11) is 0. The fourth-order valence-corrected chi connectivity index (χ4v) is 4.28. The minimum absolute atomic E-state index is 0.456. The van der Waals surface area contributed by atoms with E-state index in [4.69, 9.17) is 4.74 Å². The quantitative estimate of drug-likeness (QED) is 0.186. The molecule has 1 saturated heterocycles. The predicted molar refractivity (Wildman–Crippen MR) is 126 cm³/mol. The number of hydrogen-bond donors (Lipinski definition) is 0. The molecular formula is C26H51NO2. The molecule has 0 N–H and O–H groups in total. The van der Waals surface area contributed by atoms with Crippen molar-refractivity contribution in [3.63, 3.8) is 0 Å². The summed E-state index contributed by atoms with van der Waals surface area (Å²) in [5.74, 6) is 0.456. The van der Waals surface area contributed by atoms with Crippen molar-refractivity contribution >= 4 is 5.78 Å². The Hall–Kier alpha value is -0.410. The van der Waals surface area contributed by atoms with Crippen LogP contribution in [-0.4, -0.2) is 43.5 Å². The van der Waals surface area contributed by atoms with Gasteiger partial charge in [0.05, 0.1) is 13.2 Å². The van der Waals surface area contributed by atoms with Gasteiger partial charge in [0.2, 0.25) is 0 Å². The van der Waals surface area contributed by atoms with Gasteiger partial charge in [-0.3, -0.25) is 9.69 Å². The molecule has 1 aliphatic heterocycles. The first kappa shape index (κ1) is 26.6. The molecule has 0 spiro atoms. The van der Waals surface area contributed by atoms with E-state index in [0.717, 1.165) is 52.1 Å². The lowest BCUT2D eigenvalue weighted by atomic mass is 10.0. The van der Waals surface area contributed by atoms with Gasteiger partial charge in [-0.25, -0.2) is 0 Å². The number of carbonyl (C=O) groups is 1. The molecule has 0 aromatic heterocycles. The molecule has 0 bridgehead atoms. The van der Waals surface area contributed by atoms with Gasteiger partial charge in [-0.05, 0) is 6.42 Å². The standard InChI is InChI=1S/C26H51NO2/c1-2-3-4-5-6-7-8-9-10-11-12-13-14-15-16-17-18-19-26(28)20-21-27-22-24-29-25-23-27/h2-25H2,1H3. The van der Waals surface area contributed by atoms with Gasteiger partial charge in [0.25, 0.3) is 0 Å². The molecule has 0 atom stereocenters. The number of ether oxygens (including phenoxy) is 1. The van der Waals surface area contributed by atoms with E-state index in [9.17, 15) is 4.79 Å². The Kier molecular flexibility index (Phi) is 19.1. The van der Waals surface area contributed by atoms with Crippen molar-refractivity contribution in [3.8, 4) is 0 Å². The van der Waals surface area contributed by atoms with Crippen LogP contribution in [0, 0.1) is 0 Å². The van der Waals surface area contributed by atoms with Crippen LogP contribution < -0.4 is 0 Å². The maximum Gasteiger partial charge on any atom is 0.134 e. The summed E-state index contributed by atoms with van der Waals surface area (Å²) in [5, 5.41) is 0. The molecule has 3 heteroatoms. The molecule has 0 amide bonds. The van der Waals surface area contributed by atoms with Gasteiger partial charge in [0, 0.05) is 32.5 Å². The highest BCUT2D eigenvalue weighted by Crippen LogP contribution is 2.14. The Morgan fingerprint density at radius 2 is 1.03 bits per heavy atom. The molecule has 3 nitrogen and oxygen atoms in total. The zero-order valence-corrected chi connectivity index (χ0v) is 19.7. The summed E-state index contributed by atoms with van der Waals surface area (Å²) in [5.41, 5.74) is 0. The molecule has 1 heterocycles. The molecule has 0 aromatic rings. The topological polar surface area (TPSA) is 29.5 Å². The zero-order valence-electron chi connectivity index (χ0n) is 19.7. The highest BCUT2D eigenvalue weighted by atomic mass is 16.5. The monoisotopic (exact) mass is 409 g/mol. The Bertz CT molecular complexity index is 353. The molecule has 0 radical (unpaired) electrons. The number of unbranched alkanes of at least 4 members (excludes halogenated alkanes) is 16. The van der Waals surface area contributed by atoms with Gasteiger partial charge in [0.1, 0.15) is 5.78 Å². The molecule has 172 valence electrons. The van der Waals surface area contributed by atoms with E-state index in [0.29, 0.717) is 5.78 Å². The Labute approximate surface area is 182 Å². The van der Waals surface area contributed by atoms with Crippen LogP contribution in [0.2, 0.25) is 0 Å². The molecule has 29 heavy (non-hydrogen) atoms. The minimum atomic E-state index is 0.456. The summed E-state index contributed by atoms with van der Waals surface area (Å²) < 4.78 is 5.35. The molecule has 1 aliphatic rings. The molecule has 0 aliphatic carbocycles. The fraction of sp³-hybridized carbons (Fsp3) is 0.962. The summed E-state index contributed by atoms with van der Waals surface area (Å²) in [4.78, 5) is 14.3. The van der Waals surface area contributed by atoms with Crippen molar-refractivity contribution in [2.45, 2.75) is 129 Å². The lowest BCUT2D eigenvalue weighted by molar-refractivity contribution is -0.119. The van der Waals surface area contributed by atoms with Crippen LogP contribution in [0.4, 0.5) is 0 Å². The van der Waals surface area contributed by atoms with Crippen LogP contribution in [0.15, 0.2) is 0 Å². The minimum Gasteiger partial charge on any atom is -0.379 e. The third-order valence-corrected chi connectivity index (χ3v) is 6.37. The average Bonchev–Trinajstić information content (AvgIpc) is 2.75. The van der Waals surface area contributed by atoms with E-state index >= 15 is 0 Å². The van der Waals surface area contributed by atoms with Crippen LogP contribution in [0.3, 0.4) is 0 Å². The third kappa shape index (κ3) is 18.1. The van der Waals surface area contributed by atoms with Crippen LogP contribution in [0.1, 0.15) is 129 Å². The van der Waals surface area contributed by atoms with E-state index in [1.807, 2.05) is 0 Å². The van der Waals surface area contributed by atoms with E-state index in [1.54, 1.807) is 0 Å². The van der Waals surface area contributed by atoms with Gasteiger partial charge in [-0.15, -0.1) is 0 Å². The Morgan fingerprint density at radius 1 is 0.621 bits per heavy atom. The van der Waals surface area contributed by atoms with Crippen molar-refractivity contribution in [3.05, 3.63) is 0 Å². The van der Waals surface area contributed by atoms with Crippen molar-refractivity contribution in [1.29, 1.82) is 0 Å². The summed E-state index contributed by atoms with van der Waals surface area (Å²) in [6.45, 7) is 6.86. The number of hydrogen-bond acceptors (Lipinski definition) is 3. The number of morpholine rings is 1. The average molecular weight is 410 g/mol. The Morgan fingerprint density at radius 3 is 1.48 bits per heavy atom. The first-order valence-electron chi connectivity index (χ1n) is 13.1. The summed E-state index contributed by atoms with van der Waals surface area (Å²) in [6.07, 6.45) is 25.2. The highest BCUT2D eigenvalue weighted by molar-refractivity contribution is 5.78. The number of rotatable bonds is 21. The van der Waals surface area contributed by atoms with E-state index in [2.05, 4.69) is 11.8 Å². The largest absolute Gasteiger partial charge is 0.379 e. The zero-order chi connectivity index (χ0) is 20.8. The normalized spacial score (nSPS) is 15.1. The molecular weight excluding hydrogens is 358 g/mol. The fourth-order valence-electron chi connectivity index (χ4n) is 4.28. The van der Waals surface area contributed by atoms with E-state index < -0.39 is 0 Å². The lowest BCUT2D eigenvalue weighted by Gasteiger charge is -2.26. The van der Waals surface area contributed by atoms with Crippen molar-refractivity contribution < 1.29 is 9.53 Å². The summed E-state index contributed by atoms with van der Waals surface area (Å²) in [6, 6.07) is 0. The first-order valence-corrected chi connectivity index (χ1v) is 13.1. The lowest BCUT2D eigenvalue weighted by Crippen LogP contribution is -2.37. The smallest absolute Gasteiger partial charge is 0.134 e. The molecule has 0 unspecified atom stereocenters. The number of ketones is 1. The van der Waals surface area contributed by atoms with Gasteiger partial charge in [-0.1, -0.05) is 110 Å². The maximum atomic E-state index is 12.0. The van der Waals surface area contributed by atoms with Gasteiger partial charge in [0.15, 0.2) is 0 Å². The number of nitrogens with zero attached hydrogens (tertiary/aromatic N) is 1. The van der Waals surface area contributed by atoms with Crippen LogP contribution in [0.5, 0.6) is 0 Å². The van der Waals surface area contributed by atoms with Crippen LogP contribution >= 0.6 is 0 Å². The third-order valence-electron chi connectivity index (χ3n) is 6.37. The van der Waals surface area contributed by atoms with Gasteiger partial charge >= 0.3 is 0 Å². The SMILES string of the molecule is CCCCCCCCCCCCCCCCCCCC(=O)CCN1CCOCC1. The van der Waals surface area contributed by atoms with Gasteiger partial charge < -0.3 is 4.74 Å².